The highest BCUT2D eigenvalue weighted by Crippen LogP contribution is 2.59. The van der Waals surface area contributed by atoms with E-state index in [1.165, 1.54) is 18.4 Å². The minimum absolute atomic E-state index is 0.129. The van der Waals surface area contributed by atoms with Crippen molar-refractivity contribution in [1.82, 2.24) is 4.90 Å². The van der Waals surface area contributed by atoms with Crippen LogP contribution in [0.4, 0.5) is 0 Å². The molecule has 2 N–H and O–H groups in total. The minimum Gasteiger partial charge on any atom is -0.389 e. The maximum atomic E-state index is 12.1. The third kappa shape index (κ3) is 4.86. The molecule has 0 amide bonds. The Morgan fingerprint density at radius 3 is 2.14 bits per heavy atom. The molecule has 35 heavy (non-hydrogen) atoms. The Labute approximate surface area is 210 Å². The number of hydrogen-bond donors (Lipinski definition) is 2. The van der Waals surface area contributed by atoms with Crippen LogP contribution in [0.1, 0.15) is 50.7 Å². The number of hydrogen-bond acceptors (Lipinski definition) is 4. The first-order chi connectivity index (χ1) is 16.9. The molecule has 0 spiro atoms. The topological polar surface area (TPSA) is 52.9 Å². The van der Waals surface area contributed by atoms with Gasteiger partial charge in [0.05, 0.1) is 19.3 Å². The SMILES string of the molecule is CC1(C)[C@H]2CC=C(COC[C@H](O)CN3CCC(C(O)(c4ccccc4)c4ccccc4)CC3)[C@H]1C2. The summed E-state index contributed by atoms with van der Waals surface area (Å²) in [4.78, 5) is 2.32. The number of β-amino-alcohol motifs (C(OH)–C–C–N with tert-alkyl or cyclic N) is 1. The molecule has 188 valence electrons. The van der Waals surface area contributed by atoms with Crippen LogP contribution >= 0.6 is 0 Å². The Kier molecular flexibility index (Phi) is 7.18. The van der Waals surface area contributed by atoms with Gasteiger partial charge in [0.25, 0.3) is 0 Å². The molecule has 2 fully saturated rings. The highest BCUT2D eigenvalue weighted by atomic mass is 16.5. The van der Waals surface area contributed by atoms with Crippen LogP contribution in [-0.2, 0) is 10.3 Å². The lowest BCUT2D eigenvalue weighted by Crippen LogP contribution is -2.49. The molecule has 0 aromatic heterocycles. The van der Waals surface area contributed by atoms with Gasteiger partial charge in [-0.05, 0) is 78.6 Å². The monoisotopic (exact) mass is 475 g/mol. The Morgan fingerprint density at radius 1 is 1.00 bits per heavy atom. The molecule has 4 heteroatoms. The molecule has 0 radical (unpaired) electrons. The number of aliphatic hydroxyl groups is 2. The number of ether oxygens (including phenoxy) is 1. The first-order valence-corrected chi connectivity index (χ1v) is 13.4. The van der Waals surface area contributed by atoms with Crippen molar-refractivity contribution in [3.8, 4) is 0 Å². The number of rotatable bonds is 9. The lowest BCUT2D eigenvalue weighted by atomic mass is 9.49. The van der Waals surface area contributed by atoms with Gasteiger partial charge in [0.15, 0.2) is 0 Å². The molecule has 4 nitrogen and oxygen atoms in total. The number of fused-ring (bicyclic) bond motifs is 1. The van der Waals surface area contributed by atoms with Gasteiger partial charge in [0, 0.05) is 6.54 Å². The summed E-state index contributed by atoms with van der Waals surface area (Å²) >= 11 is 0. The summed E-state index contributed by atoms with van der Waals surface area (Å²) in [6.45, 7) is 8.16. The second kappa shape index (κ2) is 10.2. The highest BCUT2D eigenvalue weighted by Gasteiger charge is 2.51. The summed E-state index contributed by atoms with van der Waals surface area (Å²) in [7, 11) is 0. The highest BCUT2D eigenvalue weighted by molar-refractivity contribution is 5.37. The zero-order valence-corrected chi connectivity index (χ0v) is 21.3. The smallest absolute Gasteiger partial charge is 0.117 e. The zero-order valence-electron chi connectivity index (χ0n) is 21.3. The first kappa shape index (κ1) is 24.7. The van der Waals surface area contributed by atoms with Gasteiger partial charge in [-0.1, -0.05) is 80.6 Å². The fourth-order valence-corrected chi connectivity index (χ4v) is 6.86. The molecule has 2 aromatic rings. The Morgan fingerprint density at radius 2 is 1.60 bits per heavy atom. The summed E-state index contributed by atoms with van der Waals surface area (Å²) in [5, 5.41) is 22.7. The number of nitrogens with zero attached hydrogens (tertiary/aromatic N) is 1. The summed E-state index contributed by atoms with van der Waals surface area (Å²) < 4.78 is 5.97. The zero-order chi connectivity index (χ0) is 24.5. The van der Waals surface area contributed by atoms with E-state index in [0.29, 0.717) is 31.1 Å². The number of aliphatic hydroxyl groups excluding tert-OH is 1. The molecular weight excluding hydrogens is 434 g/mol. The van der Waals surface area contributed by atoms with E-state index in [9.17, 15) is 10.2 Å². The van der Waals surface area contributed by atoms with Crippen molar-refractivity contribution in [2.45, 2.75) is 51.2 Å². The minimum atomic E-state index is -1.00. The van der Waals surface area contributed by atoms with Crippen LogP contribution in [0.2, 0.25) is 0 Å². The van der Waals surface area contributed by atoms with Crippen molar-refractivity contribution >= 4 is 0 Å². The predicted octanol–water partition coefficient (Wildman–Crippen LogP) is 5.00. The molecule has 4 aliphatic rings. The van der Waals surface area contributed by atoms with Gasteiger partial charge in [0.2, 0.25) is 0 Å². The van der Waals surface area contributed by atoms with Crippen molar-refractivity contribution in [2.24, 2.45) is 23.2 Å². The number of piperidine rings is 1. The van der Waals surface area contributed by atoms with E-state index < -0.39 is 11.7 Å². The molecule has 0 unspecified atom stereocenters. The lowest BCUT2D eigenvalue weighted by molar-refractivity contribution is -0.0349. The van der Waals surface area contributed by atoms with Crippen molar-refractivity contribution in [2.75, 3.05) is 32.8 Å². The summed E-state index contributed by atoms with van der Waals surface area (Å²) in [5.74, 6) is 1.63. The van der Waals surface area contributed by atoms with Gasteiger partial charge in [-0.25, -0.2) is 0 Å². The lowest BCUT2D eigenvalue weighted by Gasteiger charge is -2.56. The van der Waals surface area contributed by atoms with E-state index in [1.54, 1.807) is 0 Å². The van der Waals surface area contributed by atoms with Gasteiger partial charge in [-0.15, -0.1) is 0 Å². The van der Waals surface area contributed by atoms with E-state index in [2.05, 4.69) is 24.8 Å². The fourth-order valence-electron chi connectivity index (χ4n) is 6.86. The molecule has 1 saturated heterocycles. The van der Waals surface area contributed by atoms with Crippen LogP contribution in [0.3, 0.4) is 0 Å². The quantitative estimate of drug-likeness (QED) is 0.501. The largest absolute Gasteiger partial charge is 0.389 e. The molecule has 2 aromatic carbocycles. The third-order valence-corrected chi connectivity index (χ3v) is 9.24. The maximum Gasteiger partial charge on any atom is 0.117 e. The van der Waals surface area contributed by atoms with Crippen molar-refractivity contribution in [3.05, 3.63) is 83.4 Å². The fraction of sp³-hybridized carbons (Fsp3) is 0.548. The average Bonchev–Trinajstić information content (AvgIpc) is 2.89. The van der Waals surface area contributed by atoms with Crippen molar-refractivity contribution in [1.29, 1.82) is 0 Å². The molecule has 1 heterocycles. The Bertz CT molecular complexity index is 955. The van der Waals surface area contributed by atoms with Crippen LogP contribution in [0.5, 0.6) is 0 Å². The van der Waals surface area contributed by atoms with Gasteiger partial charge in [-0.2, -0.15) is 0 Å². The van der Waals surface area contributed by atoms with Gasteiger partial charge in [0.1, 0.15) is 5.60 Å². The molecular formula is C31H41NO3. The summed E-state index contributed by atoms with van der Waals surface area (Å²) in [6, 6.07) is 20.1. The van der Waals surface area contributed by atoms with Crippen LogP contribution in [0.25, 0.3) is 0 Å². The normalized spacial score (nSPS) is 25.5. The average molecular weight is 476 g/mol. The molecule has 1 saturated carbocycles. The standard InChI is InChI=1S/C31H41NO3/c1-30(2)27-14-13-23(29(30)19-27)21-35-22-28(33)20-32-17-15-26(16-18-32)31(34,24-9-5-3-6-10-24)25-11-7-4-8-12-25/h3-13,26-29,33-34H,14-22H2,1-2H3/t27-,28+,29+/m0/s1. The van der Waals surface area contributed by atoms with E-state index in [-0.39, 0.29) is 5.92 Å². The number of allylic oxidation sites excluding steroid dienone is 1. The molecule has 6 rings (SSSR count). The van der Waals surface area contributed by atoms with Gasteiger partial charge in [-0.3, -0.25) is 0 Å². The first-order valence-electron chi connectivity index (χ1n) is 13.4. The molecule has 3 aliphatic carbocycles. The van der Waals surface area contributed by atoms with E-state index >= 15 is 0 Å². The molecule has 2 bridgehead atoms. The maximum absolute atomic E-state index is 12.1. The van der Waals surface area contributed by atoms with Crippen molar-refractivity contribution in [3.63, 3.8) is 0 Å². The number of benzene rings is 2. The van der Waals surface area contributed by atoms with E-state index in [0.717, 1.165) is 43.0 Å². The van der Waals surface area contributed by atoms with Crippen LogP contribution in [-0.4, -0.2) is 54.1 Å². The Balaban J connectivity index is 1.13. The van der Waals surface area contributed by atoms with Crippen LogP contribution in [0, 0.1) is 23.2 Å². The predicted molar refractivity (Wildman–Crippen MR) is 140 cm³/mol. The van der Waals surface area contributed by atoms with Crippen LogP contribution < -0.4 is 0 Å². The summed E-state index contributed by atoms with van der Waals surface area (Å²) in [6.07, 6.45) is 6.15. The summed E-state index contributed by atoms with van der Waals surface area (Å²) in [5.41, 5.74) is 2.76. The third-order valence-electron chi connectivity index (χ3n) is 9.24. The second-order valence-corrected chi connectivity index (χ2v) is 11.6. The van der Waals surface area contributed by atoms with E-state index in [4.69, 9.17) is 4.74 Å². The second-order valence-electron chi connectivity index (χ2n) is 11.6. The van der Waals surface area contributed by atoms with Crippen LogP contribution in [0.15, 0.2) is 72.3 Å². The van der Waals surface area contributed by atoms with E-state index in [1.807, 2.05) is 60.7 Å². The number of likely N-dealkylation sites (tertiary alicyclic amines) is 1. The van der Waals surface area contributed by atoms with Gasteiger partial charge < -0.3 is 19.8 Å². The van der Waals surface area contributed by atoms with Crippen molar-refractivity contribution < 1.29 is 14.9 Å². The van der Waals surface area contributed by atoms with Gasteiger partial charge >= 0.3 is 0 Å². The molecule has 3 atom stereocenters. The molecule has 1 aliphatic heterocycles. The Hall–Kier alpha value is -1.98.